The maximum atomic E-state index is 12.1. The molecule has 6 heteroatoms. The van der Waals surface area contributed by atoms with E-state index in [-0.39, 0.29) is 24.4 Å². The van der Waals surface area contributed by atoms with Gasteiger partial charge in [-0.3, -0.25) is 9.59 Å². The summed E-state index contributed by atoms with van der Waals surface area (Å²) in [6.07, 6.45) is 3.16. The number of carboxylic acids is 1. The molecule has 0 unspecified atom stereocenters. The van der Waals surface area contributed by atoms with Gasteiger partial charge in [0, 0.05) is 6.08 Å². The number of carbonyl (C=O) groups excluding carboxylic acids is 2. The van der Waals surface area contributed by atoms with Gasteiger partial charge >= 0.3 is 17.9 Å². The molecule has 1 aromatic rings. The van der Waals surface area contributed by atoms with Gasteiger partial charge < -0.3 is 14.6 Å². The first-order valence-corrected chi connectivity index (χ1v) is 7.82. The summed E-state index contributed by atoms with van der Waals surface area (Å²) in [5.74, 6) is -1.82. The van der Waals surface area contributed by atoms with Gasteiger partial charge in [0.05, 0.1) is 11.8 Å². The molecule has 0 heterocycles. The average molecular weight is 332 g/mol. The van der Waals surface area contributed by atoms with Crippen molar-refractivity contribution in [1.29, 1.82) is 0 Å². The highest BCUT2D eigenvalue weighted by molar-refractivity contribution is 5.81. The van der Waals surface area contributed by atoms with Crippen LogP contribution in [0.1, 0.15) is 31.2 Å². The molecule has 0 spiro atoms. The number of ether oxygens (including phenoxy) is 2. The lowest BCUT2D eigenvalue weighted by atomic mass is 9.82. The lowest BCUT2D eigenvalue weighted by Crippen LogP contribution is -2.28. The van der Waals surface area contributed by atoms with Crippen LogP contribution >= 0.6 is 0 Å². The minimum atomic E-state index is -0.797. The number of aliphatic carboxylic acids is 1. The Balaban J connectivity index is 1.83. The molecule has 0 aliphatic heterocycles. The molecule has 1 saturated carbocycles. The third-order valence-electron chi connectivity index (χ3n) is 4.10. The third kappa shape index (κ3) is 4.94. The summed E-state index contributed by atoms with van der Waals surface area (Å²) in [5, 5.41) is 8.97. The van der Waals surface area contributed by atoms with Gasteiger partial charge in [0.2, 0.25) is 0 Å². The molecule has 0 bridgehead atoms. The molecule has 0 atom stereocenters. The van der Waals surface area contributed by atoms with E-state index >= 15 is 0 Å². The molecule has 1 fully saturated rings. The Labute approximate surface area is 140 Å². The number of hydrogen-bond donors (Lipinski definition) is 1. The van der Waals surface area contributed by atoms with Gasteiger partial charge in [-0.2, -0.15) is 0 Å². The molecular weight excluding hydrogens is 312 g/mol. The molecule has 0 aromatic heterocycles. The highest BCUT2D eigenvalue weighted by atomic mass is 16.5. The Morgan fingerprint density at radius 3 is 2.21 bits per heavy atom. The molecule has 1 N–H and O–H groups in total. The van der Waals surface area contributed by atoms with Crippen molar-refractivity contribution < 1.29 is 29.0 Å². The molecule has 0 radical (unpaired) electrons. The Morgan fingerprint density at radius 1 is 1.08 bits per heavy atom. The van der Waals surface area contributed by atoms with Crippen molar-refractivity contribution in [3.63, 3.8) is 0 Å². The first-order chi connectivity index (χ1) is 11.5. The number of rotatable bonds is 6. The first kappa shape index (κ1) is 17.7. The molecule has 1 aliphatic carbocycles. The smallest absolute Gasteiger partial charge is 0.330 e. The highest BCUT2D eigenvalue weighted by Crippen LogP contribution is 2.30. The van der Waals surface area contributed by atoms with E-state index in [2.05, 4.69) is 6.58 Å². The van der Waals surface area contributed by atoms with Gasteiger partial charge in [0.25, 0.3) is 0 Å². The van der Waals surface area contributed by atoms with Crippen LogP contribution in [0.4, 0.5) is 0 Å². The standard InChI is InChI=1S/C18H20O6/c1-2-16(19)23-11-12-3-9-15(10-4-12)24-18(22)14-7-5-13(6-8-14)17(20)21/h2-4,9-10,13-14H,1,5-8,11H2,(H,20,21)/t13-,14-. The summed E-state index contributed by atoms with van der Waals surface area (Å²) in [5.41, 5.74) is 0.770. The molecule has 128 valence electrons. The average Bonchev–Trinajstić information content (AvgIpc) is 2.60. The summed E-state index contributed by atoms with van der Waals surface area (Å²) in [4.78, 5) is 34.0. The zero-order valence-corrected chi connectivity index (χ0v) is 13.3. The van der Waals surface area contributed by atoms with E-state index in [9.17, 15) is 14.4 Å². The van der Waals surface area contributed by atoms with Gasteiger partial charge in [0.1, 0.15) is 12.4 Å². The van der Waals surface area contributed by atoms with Gasteiger partial charge in [-0.15, -0.1) is 0 Å². The molecule has 0 amide bonds. The van der Waals surface area contributed by atoms with Crippen molar-refractivity contribution >= 4 is 17.9 Å². The fourth-order valence-electron chi connectivity index (χ4n) is 2.64. The normalized spacial score (nSPS) is 20.0. The van der Waals surface area contributed by atoms with E-state index in [1.807, 2.05) is 0 Å². The van der Waals surface area contributed by atoms with E-state index in [4.69, 9.17) is 14.6 Å². The predicted octanol–water partition coefficient (Wildman–Crippen LogP) is 2.71. The minimum absolute atomic E-state index is 0.123. The van der Waals surface area contributed by atoms with Crippen molar-refractivity contribution in [2.75, 3.05) is 0 Å². The highest BCUT2D eigenvalue weighted by Gasteiger charge is 2.30. The van der Waals surface area contributed by atoms with Crippen LogP contribution in [0.5, 0.6) is 5.75 Å². The number of carbonyl (C=O) groups is 3. The zero-order chi connectivity index (χ0) is 17.5. The van der Waals surface area contributed by atoms with Crippen LogP contribution < -0.4 is 4.74 Å². The number of hydrogen-bond acceptors (Lipinski definition) is 5. The summed E-state index contributed by atoms with van der Waals surface area (Å²) in [6, 6.07) is 6.69. The van der Waals surface area contributed by atoms with Crippen molar-refractivity contribution in [2.45, 2.75) is 32.3 Å². The van der Waals surface area contributed by atoms with E-state index in [1.54, 1.807) is 24.3 Å². The van der Waals surface area contributed by atoms with Crippen LogP contribution in [0.2, 0.25) is 0 Å². The third-order valence-corrected chi connectivity index (χ3v) is 4.10. The van der Waals surface area contributed by atoms with Gasteiger partial charge in [-0.25, -0.2) is 4.79 Å². The van der Waals surface area contributed by atoms with E-state index in [0.29, 0.717) is 31.4 Å². The Kier molecular flexibility index (Phi) is 6.12. The summed E-state index contributed by atoms with van der Waals surface area (Å²) >= 11 is 0. The van der Waals surface area contributed by atoms with E-state index in [0.717, 1.165) is 11.6 Å². The van der Waals surface area contributed by atoms with Crippen LogP contribution in [0.25, 0.3) is 0 Å². The van der Waals surface area contributed by atoms with Gasteiger partial charge in [-0.05, 0) is 43.4 Å². The summed E-state index contributed by atoms with van der Waals surface area (Å²) in [6.45, 7) is 3.44. The molecule has 1 aliphatic rings. The van der Waals surface area contributed by atoms with Crippen LogP contribution in [0.15, 0.2) is 36.9 Å². The number of benzene rings is 1. The van der Waals surface area contributed by atoms with Crippen LogP contribution in [0, 0.1) is 11.8 Å². The summed E-state index contributed by atoms with van der Waals surface area (Å²) < 4.78 is 10.3. The fraction of sp³-hybridized carbons (Fsp3) is 0.389. The van der Waals surface area contributed by atoms with Gasteiger partial charge in [0.15, 0.2) is 0 Å². The van der Waals surface area contributed by atoms with E-state index < -0.39 is 11.9 Å². The van der Waals surface area contributed by atoms with Crippen LogP contribution in [-0.2, 0) is 25.7 Å². The quantitative estimate of drug-likeness (QED) is 0.489. The minimum Gasteiger partial charge on any atom is -0.481 e. The molecule has 0 saturated heterocycles. The largest absolute Gasteiger partial charge is 0.481 e. The summed E-state index contributed by atoms with van der Waals surface area (Å²) in [7, 11) is 0. The Morgan fingerprint density at radius 2 is 1.67 bits per heavy atom. The van der Waals surface area contributed by atoms with Crippen molar-refractivity contribution in [1.82, 2.24) is 0 Å². The SMILES string of the molecule is C=CC(=O)OCc1ccc(OC(=O)[C@H]2CC[C@H](C(=O)O)CC2)cc1. The fourth-order valence-corrected chi connectivity index (χ4v) is 2.64. The molecule has 2 rings (SSSR count). The monoisotopic (exact) mass is 332 g/mol. The predicted molar refractivity (Wildman–Crippen MR) is 85.2 cm³/mol. The van der Waals surface area contributed by atoms with Crippen LogP contribution in [-0.4, -0.2) is 23.0 Å². The second-order valence-corrected chi connectivity index (χ2v) is 5.76. The van der Waals surface area contributed by atoms with Crippen molar-refractivity contribution in [3.05, 3.63) is 42.5 Å². The van der Waals surface area contributed by atoms with E-state index in [1.165, 1.54) is 0 Å². The topological polar surface area (TPSA) is 89.9 Å². The van der Waals surface area contributed by atoms with Gasteiger partial charge in [-0.1, -0.05) is 18.7 Å². The Bertz CT molecular complexity index is 611. The molecule has 1 aromatic carbocycles. The number of carboxylic acid groups (broad SMARTS) is 1. The second kappa shape index (κ2) is 8.29. The lowest BCUT2D eigenvalue weighted by molar-refractivity contribution is -0.146. The van der Waals surface area contributed by atoms with Crippen molar-refractivity contribution in [3.8, 4) is 5.75 Å². The first-order valence-electron chi connectivity index (χ1n) is 7.82. The molecule has 24 heavy (non-hydrogen) atoms. The van der Waals surface area contributed by atoms with Crippen molar-refractivity contribution in [2.24, 2.45) is 11.8 Å². The number of esters is 2. The lowest BCUT2D eigenvalue weighted by Gasteiger charge is -2.24. The maximum absolute atomic E-state index is 12.1. The molecular formula is C18H20O6. The molecule has 6 nitrogen and oxygen atoms in total. The zero-order valence-electron chi connectivity index (χ0n) is 13.3. The van der Waals surface area contributed by atoms with Crippen LogP contribution in [0.3, 0.4) is 0 Å². The second-order valence-electron chi connectivity index (χ2n) is 5.76. The maximum Gasteiger partial charge on any atom is 0.330 e. The Hall–Kier alpha value is -2.63.